The van der Waals surface area contributed by atoms with Crippen LogP contribution in [0, 0.1) is 25.2 Å². The van der Waals surface area contributed by atoms with Gasteiger partial charge in [-0.25, -0.2) is 4.98 Å². The third-order valence-corrected chi connectivity index (χ3v) is 2.74. The fourth-order valence-electron chi connectivity index (χ4n) is 1.59. The zero-order valence-corrected chi connectivity index (χ0v) is 10.7. The van der Waals surface area contributed by atoms with Gasteiger partial charge < -0.3 is 9.84 Å². The van der Waals surface area contributed by atoms with Crippen LogP contribution >= 0.6 is 11.6 Å². The first-order valence-electron chi connectivity index (χ1n) is 5.33. The second-order valence-corrected chi connectivity index (χ2v) is 4.22. The number of rotatable bonds is 3. The van der Waals surface area contributed by atoms with Crippen LogP contribution in [0.15, 0.2) is 16.7 Å². The quantitative estimate of drug-likeness (QED) is 0.861. The molecule has 0 aliphatic rings. The van der Waals surface area contributed by atoms with Crippen LogP contribution in [-0.4, -0.2) is 10.1 Å². The number of aromatic nitrogens is 2. The average Bonchev–Trinajstić information content (AvgIpc) is 2.66. The zero-order chi connectivity index (χ0) is 13.1. The molecule has 0 saturated heterocycles. The van der Waals surface area contributed by atoms with Gasteiger partial charge in [-0.2, -0.15) is 5.26 Å². The molecule has 0 unspecified atom stereocenters. The number of hydrogen-bond donors (Lipinski definition) is 1. The molecule has 6 heteroatoms. The number of hydrogen-bond acceptors (Lipinski definition) is 5. The molecule has 0 aliphatic heterocycles. The van der Waals surface area contributed by atoms with Crippen molar-refractivity contribution in [2.75, 3.05) is 5.32 Å². The van der Waals surface area contributed by atoms with Gasteiger partial charge in [-0.15, -0.1) is 0 Å². The highest BCUT2D eigenvalue weighted by Gasteiger charge is 2.09. The van der Waals surface area contributed by atoms with Gasteiger partial charge in [0.2, 0.25) is 0 Å². The minimum Gasteiger partial charge on any atom is -0.366 e. The van der Waals surface area contributed by atoms with Crippen molar-refractivity contribution in [2.45, 2.75) is 20.4 Å². The molecule has 0 atom stereocenters. The molecule has 2 heterocycles. The molecule has 2 rings (SSSR count). The molecule has 92 valence electrons. The van der Waals surface area contributed by atoms with Crippen LogP contribution in [0.3, 0.4) is 0 Å². The molecule has 5 nitrogen and oxygen atoms in total. The summed E-state index contributed by atoms with van der Waals surface area (Å²) in [7, 11) is 0. The summed E-state index contributed by atoms with van der Waals surface area (Å²) in [5.41, 5.74) is 2.29. The van der Waals surface area contributed by atoms with Crippen molar-refractivity contribution in [2.24, 2.45) is 0 Å². The average molecular weight is 263 g/mol. The normalized spacial score (nSPS) is 10.1. The van der Waals surface area contributed by atoms with E-state index in [9.17, 15) is 0 Å². The van der Waals surface area contributed by atoms with E-state index in [-0.39, 0.29) is 5.15 Å². The minimum atomic E-state index is 0.287. The molecule has 0 saturated carbocycles. The van der Waals surface area contributed by atoms with Crippen molar-refractivity contribution in [1.29, 1.82) is 5.26 Å². The molecule has 18 heavy (non-hydrogen) atoms. The van der Waals surface area contributed by atoms with Crippen molar-refractivity contribution in [3.8, 4) is 6.07 Å². The summed E-state index contributed by atoms with van der Waals surface area (Å²) in [5.74, 6) is 1.32. The number of nitrogens with one attached hydrogen (secondary N) is 1. The van der Waals surface area contributed by atoms with E-state index >= 15 is 0 Å². The number of nitriles is 1. The van der Waals surface area contributed by atoms with E-state index in [2.05, 4.69) is 15.5 Å². The summed E-state index contributed by atoms with van der Waals surface area (Å²) < 4.78 is 5.06. The smallest absolute Gasteiger partial charge is 0.138 e. The predicted octanol–water partition coefficient (Wildman–Crippen LogP) is 2.82. The van der Waals surface area contributed by atoms with Crippen molar-refractivity contribution >= 4 is 17.4 Å². The third-order valence-electron chi connectivity index (χ3n) is 2.55. The molecule has 0 aliphatic carbocycles. The third kappa shape index (κ3) is 2.60. The fraction of sp³-hybridized carbons (Fsp3) is 0.250. The first-order valence-corrected chi connectivity index (χ1v) is 5.71. The largest absolute Gasteiger partial charge is 0.366 e. The van der Waals surface area contributed by atoms with Crippen LogP contribution in [0.2, 0.25) is 5.15 Å². The Morgan fingerprint density at radius 2 is 2.22 bits per heavy atom. The Balaban J connectivity index is 2.16. The predicted molar refractivity (Wildman–Crippen MR) is 67.3 cm³/mol. The van der Waals surface area contributed by atoms with Gasteiger partial charge >= 0.3 is 0 Å². The number of anilines is 1. The van der Waals surface area contributed by atoms with Crippen LogP contribution in [0.4, 0.5) is 5.82 Å². The maximum Gasteiger partial charge on any atom is 0.138 e. The van der Waals surface area contributed by atoms with E-state index in [0.29, 0.717) is 17.9 Å². The van der Waals surface area contributed by atoms with E-state index in [1.165, 1.54) is 6.07 Å². The Morgan fingerprint density at radius 1 is 1.44 bits per heavy atom. The van der Waals surface area contributed by atoms with Crippen LogP contribution < -0.4 is 5.32 Å². The molecule has 0 aromatic carbocycles. The Hall–Kier alpha value is -2.06. The van der Waals surface area contributed by atoms with E-state index in [4.69, 9.17) is 21.4 Å². The highest BCUT2D eigenvalue weighted by molar-refractivity contribution is 6.29. The molecule has 0 spiro atoms. The van der Waals surface area contributed by atoms with Gasteiger partial charge in [-0.05, 0) is 26.0 Å². The number of aryl methyl sites for hydroxylation is 2. The maximum atomic E-state index is 8.84. The maximum absolute atomic E-state index is 8.84. The lowest BCUT2D eigenvalue weighted by Crippen LogP contribution is -2.03. The first-order chi connectivity index (χ1) is 8.60. The lowest BCUT2D eigenvalue weighted by Gasteiger charge is -2.05. The Kier molecular flexibility index (Phi) is 3.49. The molecule has 2 aromatic rings. The highest BCUT2D eigenvalue weighted by atomic mass is 35.5. The van der Waals surface area contributed by atoms with Crippen molar-refractivity contribution in [3.63, 3.8) is 0 Å². The highest BCUT2D eigenvalue weighted by Crippen LogP contribution is 2.17. The molecule has 1 N–H and O–H groups in total. The molecule has 0 amide bonds. The summed E-state index contributed by atoms with van der Waals surface area (Å²) >= 11 is 5.82. The summed E-state index contributed by atoms with van der Waals surface area (Å²) in [6.45, 7) is 4.25. The fourth-order valence-corrected chi connectivity index (χ4v) is 1.79. The molecule has 0 radical (unpaired) electrons. The van der Waals surface area contributed by atoms with Gasteiger partial charge in [0, 0.05) is 12.1 Å². The Labute approximate surface area is 109 Å². The van der Waals surface area contributed by atoms with Crippen LogP contribution in [-0.2, 0) is 6.54 Å². The second-order valence-electron chi connectivity index (χ2n) is 3.83. The van der Waals surface area contributed by atoms with Crippen LogP contribution in [0.5, 0.6) is 0 Å². The molecular formula is C12H11ClN4O. The summed E-state index contributed by atoms with van der Waals surface area (Å²) in [5, 5.41) is 16.1. The number of pyridine rings is 1. The second kappa shape index (κ2) is 5.07. The Bertz CT molecular complexity index is 596. The molecule has 0 fully saturated rings. The van der Waals surface area contributed by atoms with Gasteiger partial charge in [0.15, 0.2) is 0 Å². The van der Waals surface area contributed by atoms with Gasteiger partial charge in [0.05, 0.1) is 17.3 Å². The van der Waals surface area contributed by atoms with Gasteiger partial charge in [0.1, 0.15) is 16.7 Å². The monoisotopic (exact) mass is 262 g/mol. The van der Waals surface area contributed by atoms with E-state index in [0.717, 1.165) is 17.0 Å². The van der Waals surface area contributed by atoms with Gasteiger partial charge in [-0.1, -0.05) is 16.8 Å². The first kappa shape index (κ1) is 12.4. The molecule has 2 aromatic heterocycles. The summed E-state index contributed by atoms with van der Waals surface area (Å²) in [6.07, 6.45) is 0. The van der Waals surface area contributed by atoms with Gasteiger partial charge in [-0.3, -0.25) is 0 Å². The summed E-state index contributed by atoms with van der Waals surface area (Å²) in [6, 6.07) is 5.19. The van der Waals surface area contributed by atoms with E-state index in [1.54, 1.807) is 6.07 Å². The molecule has 0 bridgehead atoms. The minimum absolute atomic E-state index is 0.287. The summed E-state index contributed by atoms with van der Waals surface area (Å²) in [4.78, 5) is 4.09. The van der Waals surface area contributed by atoms with E-state index < -0.39 is 0 Å². The Morgan fingerprint density at radius 3 is 2.83 bits per heavy atom. The van der Waals surface area contributed by atoms with Crippen LogP contribution in [0.25, 0.3) is 0 Å². The SMILES string of the molecule is Cc1noc(C)c1CNc1cc(C#N)cc(Cl)n1. The van der Waals surface area contributed by atoms with Gasteiger partial charge in [0.25, 0.3) is 0 Å². The lowest BCUT2D eigenvalue weighted by atomic mass is 10.2. The molecular weight excluding hydrogens is 252 g/mol. The van der Waals surface area contributed by atoms with Crippen molar-refractivity contribution in [1.82, 2.24) is 10.1 Å². The number of nitrogens with zero attached hydrogens (tertiary/aromatic N) is 3. The van der Waals surface area contributed by atoms with Crippen molar-refractivity contribution in [3.05, 3.63) is 39.9 Å². The number of halogens is 1. The van der Waals surface area contributed by atoms with E-state index in [1.807, 2.05) is 19.9 Å². The van der Waals surface area contributed by atoms with Crippen LogP contribution in [0.1, 0.15) is 22.6 Å². The topological polar surface area (TPSA) is 74.7 Å². The lowest BCUT2D eigenvalue weighted by molar-refractivity contribution is 0.392. The zero-order valence-electron chi connectivity index (χ0n) is 9.99. The van der Waals surface area contributed by atoms with Crippen molar-refractivity contribution < 1.29 is 4.52 Å². The standard InChI is InChI=1S/C12H11ClN4O/c1-7-10(8(2)18-17-7)6-15-12-4-9(5-14)3-11(13)16-12/h3-4H,6H2,1-2H3,(H,15,16).